The largest absolute Gasteiger partial charge is 0.481 e. The molecule has 3 heteroatoms. The number of aryl methyl sites for hydroxylation is 1. The lowest BCUT2D eigenvalue weighted by molar-refractivity contribution is 0.197. The summed E-state index contributed by atoms with van der Waals surface area (Å²) in [5, 5.41) is 9.42. The summed E-state index contributed by atoms with van der Waals surface area (Å²) in [5.41, 5.74) is 1.96. The second-order valence-electron chi connectivity index (χ2n) is 2.96. The Morgan fingerprint density at radius 2 is 2.31 bits per heavy atom. The standard InChI is InChI=1S/C10H15NO2/c1-4-8-5-10(13-3)11-6-9(8)7(2)12/h5-7,12H,4H2,1-3H3. The van der Waals surface area contributed by atoms with Gasteiger partial charge in [0.25, 0.3) is 0 Å². The van der Waals surface area contributed by atoms with E-state index in [2.05, 4.69) is 4.98 Å². The third-order valence-electron chi connectivity index (χ3n) is 2.04. The van der Waals surface area contributed by atoms with Crippen molar-refractivity contribution in [3.8, 4) is 5.88 Å². The smallest absolute Gasteiger partial charge is 0.213 e. The minimum absolute atomic E-state index is 0.464. The molecule has 1 atom stereocenters. The lowest BCUT2D eigenvalue weighted by Crippen LogP contribution is -2.00. The zero-order valence-electron chi connectivity index (χ0n) is 8.24. The molecule has 1 aromatic heterocycles. The SMILES string of the molecule is CCc1cc(OC)ncc1C(C)O. The summed E-state index contributed by atoms with van der Waals surface area (Å²) in [6, 6.07) is 1.86. The summed E-state index contributed by atoms with van der Waals surface area (Å²) in [4.78, 5) is 4.04. The van der Waals surface area contributed by atoms with E-state index < -0.39 is 6.10 Å². The second-order valence-corrected chi connectivity index (χ2v) is 2.96. The van der Waals surface area contributed by atoms with E-state index in [4.69, 9.17) is 4.74 Å². The Labute approximate surface area is 78.4 Å². The highest BCUT2D eigenvalue weighted by Gasteiger charge is 2.08. The summed E-state index contributed by atoms with van der Waals surface area (Å²) >= 11 is 0. The number of nitrogens with zero attached hydrogens (tertiary/aromatic N) is 1. The molecular formula is C10H15NO2. The summed E-state index contributed by atoms with van der Waals surface area (Å²) in [5.74, 6) is 0.598. The average Bonchev–Trinajstić information content (AvgIpc) is 2.16. The van der Waals surface area contributed by atoms with Crippen molar-refractivity contribution < 1.29 is 9.84 Å². The normalized spacial score (nSPS) is 12.6. The Kier molecular flexibility index (Phi) is 3.25. The lowest BCUT2D eigenvalue weighted by Gasteiger charge is -2.10. The van der Waals surface area contributed by atoms with E-state index in [1.165, 1.54) is 0 Å². The molecule has 13 heavy (non-hydrogen) atoms. The van der Waals surface area contributed by atoms with Crippen LogP contribution >= 0.6 is 0 Å². The van der Waals surface area contributed by atoms with Crippen LogP contribution in [0, 0.1) is 0 Å². The molecule has 1 unspecified atom stereocenters. The fraction of sp³-hybridized carbons (Fsp3) is 0.500. The lowest BCUT2D eigenvalue weighted by atomic mass is 10.0. The Hall–Kier alpha value is -1.09. The van der Waals surface area contributed by atoms with E-state index in [0.717, 1.165) is 17.5 Å². The predicted molar refractivity (Wildman–Crippen MR) is 50.8 cm³/mol. The highest BCUT2D eigenvalue weighted by molar-refractivity contribution is 5.30. The van der Waals surface area contributed by atoms with Crippen LogP contribution in [0.2, 0.25) is 0 Å². The van der Waals surface area contributed by atoms with E-state index in [1.54, 1.807) is 20.2 Å². The van der Waals surface area contributed by atoms with Gasteiger partial charge in [-0.25, -0.2) is 4.98 Å². The van der Waals surface area contributed by atoms with Crippen molar-refractivity contribution in [1.82, 2.24) is 4.98 Å². The Morgan fingerprint density at radius 1 is 1.62 bits per heavy atom. The number of pyridine rings is 1. The van der Waals surface area contributed by atoms with Crippen molar-refractivity contribution in [2.75, 3.05) is 7.11 Å². The second kappa shape index (κ2) is 4.23. The molecule has 0 aromatic carbocycles. The zero-order chi connectivity index (χ0) is 9.84. The number of hydrogen-bond acceptors (Lipinski definition) is 3. The van der Waals surface area contributed by atoms with Gasteiger partial charge in [-0.15, -0.1) is 0 Å². The molecule has 0 aliphatic heterocycles. The van der Waals surface area contributed by atoms with Crippen LogP contribution in [0.25, 0.3) is 0 Å². The van der Waals surface area contributed by atoms with Crippen molar-refractivity contribution in [2.24, 2.45) is 0 Å². The van der Waals surface area contributed by atoms with Gasteiger partial charge in [0.2, 0.25) is 5.88 Å². The van der Waals surface area contributed by atoms with E-state index in [9.17, 15) is 5.11 Å². The van der Waals surface area contributed by atoms with Crippen molar-refractivity contribution in [3.63, 3.8) is 0 Å². The molecular weight excluding hydrogens is 166 g/mol. The van der Waals surface area contributed by atoms with E-state index >= 15 is 0 Å². The summed E-state index contributed by atoms with van der Waals surface area (Å²) < 4.78 is 5.00. The molecule has 1 rings (SSSR count). The highest BCUT2D eigenvalue weighted by atomic mass is 16.5. The van der Waals surface area contributed by atoms with Crippen molar-refractivity contribution in [1.29, 1.82) is 0 Å². The first-order valence-corrected chi connectivity index (χ1v) is 4.40. The molecule has 0 aliphatic carbocycles. The highest BCUT2D eigenvalue weighted by Crippen LogP contribution is 2.20. The first-order chi connectivity index (χ1) is 6.19. The van der Waals surface area contributed by atoms with Crippen LogP contribution in [0.3, 0.4) is 0 Å². The number of ether oxygens (including phenoxy) is 1. The van der Waals surface area contributed by atoms with Crippen LogP contribution in [-0.2, 0) is 6.42 Å². The minimum atomic E-state index is -0.464. The van der Waals surface area contributed by atoms with Crippen LogP contribution in [-0.4, -0.2) is 17.2 Å². The number of aliphatic hydroxyl groups is 1. The maximum Gasteiger partial charge on any atom is 0.213 e. The Bertz CT molecular complexity index is 284. The van der Waals surface area contributed by atoms with Gasteiger partial charge in [-0.3, -0.25) is 0 Å². The van der Waals surface area contributed by atoms with Crippen LogP contribution in [0.5, 0.6) is 5.88 Å². The number of rotatable bonds is 3. The number of hydrogen-bond donors (Lipinski definition) is 1. The van der Waals surface area contributed by atoms with Crippen molar-refractivity contribution in [2.45, 2.75) is 26.4 Å². The first kappa shape index (κ1) is 9.99. The molecule has 0 fully saturated rings. The predicted octanol–water partition coefficient (Wildman–Crippen LogP) is 1.71. The molecule has 0 amide bonds. The molecule has 0 aliphatic rings. The molecule has 1 N–H and O–H groups in total. The van der Waals surface area contributed by atoms with Crippen LogP contribution in [0.4, 0.5) is 0 Å². The van der Waals surface area contributed by atoms with Crippen molar-refractivity contribution in [3.05, 3.63) is 23.4 Å². The van der Waals surface area contributed by atoms with Gasteiger partial charge >= 0.3 is 0 Å². The molecule has 0 saturated heterocycles. The number of aromatic nitrogens is 1. The molecule has 1 heterocycles. The van der Waals surface area contributed by atoms with E-state index in [1.807, 2.05) is 13.0 Å². The summed E-state index contributed by atoms with van der Waals surface area (Å²) in [7, 11) is 1.59. The van der Waals surface area contributed by atoms with Crippen LogP contribution < -0.4 is 4.74 Å². The number of aliphatic hydroxyl groups excluding tert-OH is 1. The average molecular weight is 181 g/mol. The van der Waals surface area contributed by atoms with Gasteiger partial charge in [-0.05, 0) is 18.9 Å². The minimum Gasteiger partial charge on any atom is -0.481 e. The van der Waals surface area contributed by atoms with Gasteiger partial charge in [0.05, 0.1) is 13.2 Å². The molecule has 72 valence electrons. The van der Waals surface area contributed by atoms with Gasteiger partial charge in [-0.1, -0.05) is 6.92 Å². The molecule has 0 bridgehead atoms. The quantitative estimate of drug-likeness (QED) is 0.771. The van der Waals surface area contributed by atoms with Gasteiger partial charge in [0.15, 0.2) is 0 Å². The fourth-order valence-electron chi connectivity index (χ4n) is 1.28. The van der Waals surface area contributed by atoms with Gasteiger partial charge in [0.1, 0.15) is 0 Å². The third kappa shape index (κ3) is 2.18. The zero-order valence-corrected chi connectivity index (χ0v) is 8.24. The molecule has 0 spiro atoms. The summed E-state index contributed by atoms with van der Waals surface area (Å²) in [6.45, 7) is 3.78. The number of methoxy groups -OCH3 is 1. The van der Waals surface area contributed by atoms with Gasteiger partial charge in [0, 0.05) is 17.8 Å². The monoisotopic (exact) mass is 181 g/mol. The van der Waals surface area contributed by atoms with Gasteiger partial charge in [-0.2, -0.15) is 0 Å². The van der Waals surface area contributed by atoms with E-state index in [0.29, 0.717) is 5.88 Å². The summed E-state index contributed by atoms with van der Waals surface area (Å²) in [6.07, 6.45) is 2.08. The molecule has 3 nitrogen and oxygen atoms in total. The van der Waals surface area contributed by atoms with E-state index in [-0.39, 0.29) is 0 Å². The maximum atomic E-state index is 9.42. The third-order valence-corrected chi connectivity index (χ3v) is 2.04. The first-order valence-electron chi connectivity index (χ1n) is 4.40. The molecule has 0 radical (unpaired) electrons. The van der Waals surface area contributed by atoms with Gasteiger partial charge < -0.3 is 9.84 Å². The van der Waals surface area contributed by atoms with Crippen molar-refractivity contribution >= 4 is 0 Å². The Morgan fingerprint density at radius 3 is 2.77 bits per heavy atom. The Balaban J connectivity index is 3.08. The fourth-order valence-corrected chi connectivity index (χ4v) is 1.28. The molecule has 0 saturated carbocycles. The van der Waals surface area contributed by atoms with Crippen LogP contribution in [0.1, 0.15) is 31.1 Å². The molecule has 1 aromatic rings. The van der Waals surface area contributed by atoms with Crippen LogP contribution in [0.15, 0.2) is 12.3 Å². The maximum absolute atomic E-state index is 9.42. The topological polar surface area (TPSA) is 42.4 Å².